The van der Waals surface area contributed by atoms with Gasteiger partial charge in [-0.25, -0.2) is 8.42 Å². The molecule has 1 heterocycles. The lowest BCUT2D eigenvalue weighted by Gasteiger charge is -2.25. The molecule has 6 nitrogen and oxygen atoms in total. The van der Waals surface area contributed by atoms with Gasteiger partial charge in [-0.15, -0.1) is 0 Å². The maximum atomic E-state index is 13.0. The smallest absolute Gasteiger partial charge is 0.247 e. The first-order valence-corrected chi connectivity index (χ1v) is 9.39. The fourth-order valence-corrected chi connectivity index (χ4v) is 4.84. The number of benzene rings is 1. The Bertz CT molecular complexity index is 638. The normalized spacial score (nSPS) is 20.6. The minimum absolute atomic E-state index is 0.0771. The van der Waals surface area contributed by atoms with Gasteiger partial charge in [0, 0.05) is 31.3 Å². The lowest BCUT2D eigenvalue weighted by molar-refractivity contribution is 0.0900. The molecule has 1 aliphatic rings. The molecule has 8 heteroatoms. The van der Waals surface area contributed by atoms with Crippen molar-refractivity contribution in [3.05, 3.63) is 23.2 Å². The van der Waals surface area contributed by atoms with Gasteiger partial charge in [0.2, 0.25) is 10.0 Å². The number of hydrogen-bond acceptors (Lipinski definition) is 5. The largest absolute Gasteiger partial charge is 0.487 e. The number of methoxy groups -OCH3 is 1. The Labute approximate surface area is 142 Å². The molecule has 0 spiro atoms. The minimum atomic E-state index is -3.71. The molecular formula is C15H23ClN2O4S. The highest BCUT2D eigenvalue weighted by Crippen LogP contribution is 2.33. The SMILES string of the molecule is COCC(C)Oc1ccc(Cl)cc1S(=O)(=O)N1CCCC1CN. The number of hydrogen-bond donors (Lipinski definition) is 1. The zero-order valence-corrected chi connectivity index (χ0v) is 14.9. The second-order valence-electron chi connectivity index (χ2n) is 5.62. The van der Waals surface area contributed by atoms with Crippen molar-refractivity contribution in [2.45, 2.75) is 36.8 Å². The molecule has 1 fully saturated rings. The van der Waals surface area contributed by atoms with E-state index in [1.807, 2.05) is 6.92 Å². The summed E-state index contributed by atoms with van der Waals surface area (Å²) in [6, 6.07) is 4.44. The van der Waals surface area contributed by atoms with Crippen LogP contribution in [-0.4, -0.2) is 51.7 Å². The third kappa shape index (κ3) is 4.16. The highest BCUT2D eigenvalue weighted by molar-refractivity contribution is 7.89. The summed E-state index contributed by atoms with van der Waals surface area (Å²) in [6.45, 7) is 2.93. The van der Waals surface area contributed by atoms with Crippen LogP contribution in [0.5, 0.6) is 5.75 Å². The number of rotatable bonds is 7. The predicted molar refractivity (Wildman–Crippen MR) is 89.4 cm³/mol. The Morgan fingerprint density at radius 2 is 2.22 bits per heavy atom. The summed E-state index contributed by atoms with van der Waals surface area (Å²) in [7, 11) is -2.15. The third-order valence-corrected chi connectivity index (χ3v) is 6.03. The zero-order valence-electron chi connectivity index (χ0n) is 13.4. The summed E-state index contributed by atoms with van der Waals surface area (Å²) in [5.74, 6) is 0.279. The molecule has 2 N–H and O–H groups in total. The Morgan fingerprint density at radius 3 is 2.87 bits per heavy atom. The zero-order chi connectivity index (χ0) is 17.0. The van der Waals surface area contributed by atoms with Crippen molar-refractivity contribution in [2.24, 2.45) is 5.73 Å². The van der Waals surface area contributed by atoms with Crippen molar-refractivity contribution in [2.75, 3.05) is 26.8 Å². The van der Waals surface area contributed by atoms with Crippen molar-refractivity contribution >= 4 is 21.6 Å². The van der Waals surface area contributed by atoms with Gasteiger partial charge >= 0.3 is 0 Å². The van der Waals surface area contributed by atoms with E-state index in [1.54, 1.807) is 19.2 Å². The summed E-state index contributed by atoms with van der Waals surface area (Å²) in [5.41, 5.74) is 5.71. The summed E-state index contributed by atoms with van der Waals surface area (Å²) >= 11 is 6.01. The highest BCUT2D eigenvalue weighted by atomic mass is 35.5. The van der Waals surface area contributed by atoms with Gasteiger partial charge in [0.05, 0.1) is 6.61 Å². The predicted octanol–water partition coefficient (Wildman–Crippen LogP) is 1.87. The van der Waals surface area contributed by atoms with Crippen LogP contribution < -0.4 is 10.5 Å². The second-order valence-corrected chi connectivity index (χ2v) is 7.92. The van der Waals surface area contributed by atoms with E-state index < -0.39 is 10.0 Å². The Balaban J connectivity index is 2.38. The number of sulfonamides is 1. The van der Waals surface area contributed by atoms with E-state index in [4.69, 9.17) is 26.8 Å². The van der Waals surface area contributed by atoms with Crippen molar-refractivity contribution in [1.82, 2.24) is 4.31 Å². The molecule has 1 saturated heterocycles. The van der Waals surface area contributed by atoms with Crippen LogP contribution in [0.4, 0.5) is 0 Å². The molecule has 0 radical (unpaired) electrons. The molecule has 2 unspecified atom stereocenters. The van der Waals surface area contributed by atoms with Crippen molar-refractivity contribution in [3.8, 4) is 5.75 Å². The molecule has 1 aliphatic heterocycles. The van der Waals surface area contributed by atoms with Crippen LogP contribution in [0, 0.1) is 0 Å². The molecule has 23 heavy (non-hydrogen) atoms. The van der Waals surface area contributed by atoms with Crippen LogP contribution in [0.1, 0.15) is 19.8 Å². The van der Waals surface area contributed by atoms with Crippen LogP contribution in [0.3, 0.4) is 0 Å². The Morgan fingerprint density at radius 1 is 1.48 bits per heavy atom. The lowest BCUT2D eigenvalue weighted by atomic mass is 10.2. The highest BCUT2D eigenvalue weighted by Gasteiger charge is 2.36. The summed E-state index contributed by atoms with van der Waals surface area (Å²) in [5, 5.41) is 0.346. The van der Waals surface area contributed by atoms with Gasteiger partial charge in [0.15, 0.2) is 0 Å². The van der Waals surface area contributed by atoms with Gasteiger partial charge in [0.1, 0.15) is 16.7 Å². The standard InChI is InChI=1S/C15H23ClN2O4S/c1-11(10-21-2)22-14-6-5-12(16)8-15(14)23(19,20)18-7-3-4-13(18)9-17/h5-6,8,11,13H,3-4,7,9-10,17H2,1-2H3. The van der Waals surface area contributed by atoms with E-state index in [0.29, 0.717) is 24.7 Å². The van der Waals surface area contributed by atoms with E-state index in [1.165, 1.54) is 10.4 Å². The summed E-state index contributed by atoms with van der Waals surface area (Å²) in [6.07, 6.45) is 1.30. The van der Waals surface area contributed by atoms with Crippen LogP contribution in [-0.2, 0) is 14.8 Å². The van der Waals surface area contributed by atoms with Crippen molar-refractivity contribution in [1.29, 1.82) is 0 Å². The summed E-state index contributed by atoms with van der Waals surface area (Å²) < 4.78 is 38.3. The van der Waals surface area contributed by atoms with Crippen LogP contribution in [0.2, 0.25) is 5.02 Å². The van der Waals surface area contributed by atoms with Gasteiger partial charge in [-0.1, -0.05) is 11.6 Å². The second kappa shape index (κ2) is 7.81. The molecule has 1 aromatic carbocycles. The molecule has 130 valence electrons. The first kappa shape index (κ1) is 18.5. The van der Waals surface area contributed by atoms with E-state index in [0.717, 1.165) is 12.8 Å². The average molecular weight is 363 g/mol. The van der Waals surface area contributed by atoms with Gasteiger partial charge in [-0.3, -0.25) is 0 Å². The van der Waals surface area contributed by atoms with Gasteiger partial charge in [-0.05, 0) is 38.0 Å². The number of ether oxygens (including phenoxy) is 2. The monoisotopic (exact) mass is 362 g/mol. The van der Waals surface area contributed by atoms with Gasteiger partial charge in [0.25, 0.3) is 0 Å². The molecule has 0 bridgehead atoms. The first-order chi connectivity index (χ1) is 10.9. The third-order valence-electron chi connectivity index (χ3n) is 3.82. The molecule has 0 aromatic heterocycles. The average Bonchev–Trinajstić information content (AvgIpc) is 2.98. The molecule has 0 amide bonds. The maximum Gasteiger partial charge on any atom is 0.247 e. The summed E-state index contributed by atoms with van der Waals surface area (Å²) in [4.78, 5) is 0.0771. The quantitative estimate of drug-likeness (QED) is 0.800. The molecule has 2 rings (SSSR count). The number of halogens is 1. The van der Waals surface area contributed by atoms with E-state index in [2.05, 4.69) is 0 Å². The molecule has 0 aliphatic carbocycles. The van der Waals surface area contributed by atoms with Crippen LogP contribution in [0.25, 0.3) is 0 Å². The molecule has 0 saturated carbocycles. The van der Waals surface area contributed by atoms with E-state index in [9.17, 15) is 8.42 Å². The fraction of sp³-hybridized carbons (Fsp3) is 0.600. The number of nitrogens with two attached hydrogens (primary N) is 1. The van der Waals surface area contributed by atoms with Crippen molar-refractivity contribution < 1.29 is 17.9 Å². The first-order valence-electron chi connectivity index (χ1n) is 7.57. The maximum absolute atomic E-state index is 13.0. The van der Waals surface area contributed by atoms with E-state index >= 15 is 0 Å². The van der Waals surface area contributed by atoms with Gasteiger partial charge < -0.3 is 15.2 Å². The molecule has 2 atom stereocenters. The topological polar surface area (TPSA) is 81.9 Å². The minimum Gasteiger partial charge on any atom is -0.487 e. The van der Waals surface area contributed by atoms with Crippen LogP contribution >= 0.6 is 11.6 Å². The van der Waals surface area contributed by atoms with Gasteiger partial charge in [-0.2, -0.15) is 4.31 Å². The molecular weight excluding hydrogens is 340 g/mol. The number of nitrogens with zero attached hydrogens (tertiary/aromatic N) is 1. The fourth-order valence-electron chi connectivity index (χ4n) is 2.75. The Kier molecular flexibility index (Phi) is 6.27. The van der Waals surface area contributed by atoms with E-state index in [-0.39, 0.29) is 22.8 Å². The van der Waals surface area contributed by atoms with Crippen LogP contribution in [0.15, 0.2) is 23.1 Å². The molecule has 1 aromatic rings. The lowest BCUT2D eigenvalue weighted by Crippen LogP contribution is -2.40. The Hall–Kier alpha value is -0.860. The van der Waals surface area contributed by atoms with Crippen molar-refractivity contribution in [3.63, 3.8) is 0 Å².